The van der Waals surface area contributed by atoms with E-state index in [0.717, 1.165) is 30.1 Å². The van der Waals surface area contributed by atoms with Gasteiger partial charge in [-0.3, -0.25) is 0 Å². The van der Waals surface area contributed by atoms with Gasteiger partial charge in [-0.15, -0.1) is 0 Å². The summed E-state index contributed by atoms with van der Waals surface area (Å²) in [5, 5.41) is 10.9. The Labute approximate surface area is 114 Å². The number of aliphatic hydroxyl groups excluding tert-OH is 1. The molecule has 0 aliphatic heterocycles. The van der Waals surface area contributed by atoms with Crippen LogP contribution in [0.2, 0.25) is 5.02 Å². The predicted molar refractivity (Wildman–Crippen MR) is 74.2 cm³/mol. The third-order valence-corrected chi connectivity index (χ3v) is 4.11. The summed E-state index contributed by atoms with van der Waals surface area (Å²) in [5.41, 5.74) is 0.808. The SMILES string of the molecule is COc1ccc(Cl)cc1C(O)CCC1CCCC1. The second-order valence-corrected chi connectivity index (χ2v) is 5.57. The van der Waals surface area contributed by atoms with Crippen LogP contribution in [0.15, 0.2) is 18.2 Å². The molecule has 1 unspecified atom stereocenters. The first-order valence-corrected chi connectivity index (χ1v) is 7.10. The van der Waals surface area contributed by atoms with Crippen molar-refractivity contribution in [1.82, 2.24) is 0 Å². The van der Waals surface area contributed by atoms with Gasteiger partial charge in [0.1, 0.15) is 5.75 Å². The van der Waals surface area contributed by atoms with Crippen molar-refractivity contribution in [2.24, 2.45) is 5.92 Å². The summed E-state index contributed by atoms with van der Waals surface area (Å²) in [6, 6.07) is 5.41. The molecule has 1 aliphatic carbocycles. The van der Waals surface area contributed by atoms with E-state index in [-0.39, 0.29) is 0 Å². The molecule has 0 aromatic heterocycles. The highest BCUT2D eigenvalue weighted by atomic mass is 35.5. The molecule has 18 heavy (non-hydrogen) atoms. The van der Waals surface area contributed by atoms with Crippen LogP contribution in [-0.4, -0.2) is 12.2 Å². The normalized spacial score (nSPS) is 17.9. The Balaban J connectivity index is 1.98. The van der Waals surface area contributed by atoms with Crippen LogP contribution in [0.5, 0.6) is 5.75 Å². The summed E-state index contributed by atoms with van der Waals surface area (Å²) in [6.07, 6.45) is 6.75. The molecule has 0 amide bonds. The molecule has 1 saturated carbocycles. The maximum Gasteiger partial charge on any atom is 0.124 e. The first kappa shape index (κ1) is 13.7. The lowest BCUT2D eigenvalue weighted by Gasteiger charge is -2.17. The van der Waals surface area contributed by atoms with Crippen molar-refractivity contribution in [3.63, 3.8) is 0 Å². The molecule has 0 bridgehead atoms. The van der Waals surface area contributed by atoms with Crippen LogP contribution in [0, 0.1) is 5.92 Å². The number of methoxy groups -OCH3 is 1. The zero-order valence-corrected chi connectivity index (χ0v) is 11.6. The molecule has 0 saturated heterocycles. The van der Waals surface area contributed by atoms with E-state index in [9.17, 15) is 5.11 Å². The zero-order chi connectivity index (χ0) is 13.0. The number of halogens is 1. The van der Waals surface area contributed by atoms with E-state index < -0.39 is 6.10 Å². The molecule has 1 aromatic carbocycles. The van der Waals surface area contributed by atoms with Crippen molar-refractivity contribution < 1.29 is 9.84 Å². The lowest BCUT2D eigenvalue weighted by molar-refractivity contribution is 0.153. The fraction of sp³-hybridized carbons (Fsp3) is 0.600. The molecule has 1 atom stereocenters. The van der Waals surface area contributed by atoms with Gasteiger partial charge in [-0.1, -0.05) is 37.3 Å². The number of benzene rings is 1. The van der Waals surface area contributed by atoms with Crippen LogP contribution in [0.1, 0.15) is 50.2 Å². The molecule has 1 N–H and O–H groups in total. The maximum absolute atomic E-state index is 10.3. The van der Waals surface area contributed by atoms with E-state index >= 15 is 0 Å². The summed E-state index contributed by atoms with van der Waals surface area (Å²) in [7, 11) is 1.62. The highest BCUT2D eigenvalue weighted by Gasteiger charge is 2.19. The second-order valence-electron chi connectivity index (χ2n) is 5.13. The van der Waals surface area contributed by atoms with Crippen LogP contribution < -0.4 is 4.74 Å². The van der Waals surface area contributed by atoms with Gasteiger partial charge >= 0.3 is 0 Å². The number of ether oxygens (including phenoxy) is 1. The van der Waals surface area contributed by atoms with Gasteiger partial charge in [0.2, 0.25) is 0 Å². The van der Waals surface area contributed by atoms with Crippen LogP contribution in [-0.2, 0) is 0 Å². The Kier molecular flexibility index (Phi) is 4.90. The summed E-state index contributed by atoms with van der Waals surface area (Å²) in [6.45, 7) is 0. The molecule has 0 spiro atoms. The van der Waals surface area contributed by atoms with Gasteiger partial charge in [-0.05, 0) is 37.0 Å². The summed E-state index contributed by atoms with van der Waals surface area (Å²) in [5.74, 6) is 1.52. The molecular formula is C15H21ClO2. The number of aliphatic hydroxyl groups is 1. The number of hydrogen-bond acceptors (Lipinski definition) is 2. The van der Waals surface area contributed by atoms with Gasteiger partial charge in [0.05, 0.1) is 13.2 Å². The molecule has 1 aliphatic rings. The smallest absolute Gasteiger partial charge is 0.124 e. The van der Waals surface area contributed by atoms with E-state index in [2.05, 4.69) is 0 Å². The van der Waals surface area contributed by atoms with Crippen LogP contribution in [0.3, 0.4) is 0 Å². The third-order valence-electron chi connectivity index (χ3n) is 3.87. The minimum Gasteiger partial charge on any atom is -0.496 e. The van der Waals surface area contributed by atoms with E-state index in [1.54, 1.807) is 19.2 Å². The Bertz CT molecular complexity index is 386. The van der Waals surface area contributed by atoms with Crippen LogP contribution in [0.25, 0.3) is 0 Å². The van der Waals surface area contributed by atoms with Gasteiger partial charge < -0.3 is 9.84 Å². The van der Waals surface area contributed by atoms with E-state index in [1.807, 2.05) is 6.07 Å². The monoisotopic (exact) mass is 268 g/mol. The minimum absolute atomic E-state index is 0.473. The summed E-state index contributed by atoms with van der Waals surface area (Å²) < 4.78 is 5.27. The Morgan fingerprint density at radius 1 is 1.39 bits per heavy atom. The van der Waals surface area contributed by atoms with Gasteiger partial charge in [0.25, 0.3) is 0 Å². The molecular weight excluding hydrogens is 248 g/mol. The van der Waals surface area contributed by atoms with Crippen molar-refractivity contribution in [3.05, 3.63) is 28.8 Å². The highest BCUT2D eigenvalue weighted by Crippen LogP contribution is 2.34. The Morgan fingerprint density at radius 2 is 2.11 bits per heavy atom. The summed E-state index contributed by atoms with van der Waals surface area (Å²) >= 11 is 5.98. The standard InChI is InChI=1S/C15H21ClO2/c1-18-15-9-7-12(16)10-13(15)14(17)8-6-11-4-2-3-5-11/h7,9-11,14,17H,2-6,8H2,1H3. The van der Waals surface area contributed by atoms with Gasteiger partial charge in [0.15, 0.2) is 0 Å². The molecule has 2 rings (SSSR count). The van der Waals surface area contributed by atoms with Gasteiger partial charge in [0, 0.05) is 10.6 Å². The topological polar surface area (TPSA) is 29.5 Å². The summed E-state index contributed by atoms with van der Waals surface area (Å²) in [4.78, 5) is 0. The molecule has 100 valence electrons. The van der Waals surface area contributed by atoms with Gasteiger partial charge in [-0.2, -0.15) is 0 Å². The van der Waals surface area contributed by atoms with Crippen LogP contribution >= 0.6 is 11.6 Å². The molecule has 1 aromatic rings. The lowest BCUT2D eigenvalue weighted by atomic mass is 9.96. The van der Waals surface area contributed by atoms with Crippen molar-refractivity contribution in [2.75, 3.05) is 7.11 Å². The predicted octanol–water partition coefficient (Wildman–Crippen LogP) is 4.35. The number of hydrogen-bond donors (Lipinski definition) is 1. The van der Waals surface area contributed by atoms with Crippen molar-refractivity contribution in [1.29, 1.82) is 0 Å². The average molecular weight is 269 g/mol. The average Bonchev–Trinajstić information content (AvgIpc) is 2.89. The van der Waals surface area contributed by atoms with Crippen molar-refractivity contribution >= 4 is 11.6 Å². The molecule has 2 nitrogen and oxygen atoms in total. The zero-order valence-electron chi connectivity index (χ0n) is 10.9. The van der Waals surface area contributed by atoms with E-state index in [0.29, 0.717) is 5.02 Å². The molecule has 3 heteroatoms. The first-order valence-electron chi connectivity index (χ1n) is 6.72. The Hall–Kier alpha value is -0.730. The second kappa shape index (κ2) is 6.44. The fourth-order valence-corrected chi connectivity index (χ4v) is 2.99. The molecule has 0 heterocycles. The lowest BCUT2D eigenvalue weighted by Crippen LogP contribution is -2.03. The Morgan fingerprint density at radius 3 is 2.78 bits per heavy atom. The highest BCUT2D eigenvalue weighted by molar-refractivity contribution is 6.30. The quantitative estimate of drug-likeness (QED) is 0.860. The maximum atomic E-state index is 10.3. The molecule has 1 fully saturated rings. The first-order chi connectivity index (χ1) is 8.70. The van der Waals surface area contributed by atoms with E-state index in [4.69, 9.17) is 16.3 Å². The minimum atomic E-state index is -0.473. The van der Waals surface area contributed by atoms with Gasteiger partial charge in [-0.25, -0.2) is 0 Å². The largest absolute Gasteiger partial charge is 0.496 e. The van der Waals surface area contributed by atoms with E-state index in [1.165, 1.54) is 25.7 Å². The number of rotatable bonds is 5. The third kappa shape index (κ3) is 3.39. The van der Waals surface area contributed by atoms with Crippen molar-refractivity contribution in [2.45, 2.75) is 44.6 Å². The van der Waals surface area contributed by atoms with Crippen molar-refractivity contribution in [3.8, 4) is 5.75 Å². The van der Waals surface area contributed by atoms with Crippen LogP contribution in [0.4, 0.5) is 0 Å². The molecule has 0 radical (unpaired) electrons. The fourth-order valence-electron chi connectivity index (χ4n) is 2.81.